The van der Waals surface area contributed by atoms with Crippen molar-refractivity contribution in [2.24, 2.45) is 4.99 Å². The van der Waals surface area contributed by atoms with Crippen molar-refractivity contribution >= 4 is 29.9 Å². The SMILES string of the molecule is CCNC(=NCc1ccc2c(c1)OCO2)NCCc1coc(-c2ccc(C)cc2)n1.I. The minimum absolute atomic E-state index is 0. The second-order valence-corrected chi connectivity index (χ2v) is 7.07. The van der Waals surface area contributed by atoms with Gasteiger partial charge in [-0.05, 0) is 43.7 Å². The maximum atomic E-state index is 5.63. The van der Waals surface area contributed by atoms with Crippen LogP contribution in [0.3, 0.4) is 0 Å². The summed E-state index contributed by atoms with van der Waals surface area (Å²) in [7, 11) is 0. The highest BCUT2D eigenvalue weighted by Gasteiger charge is 2.13. The highest BCUT2D eigenvalue weighted by molar-refractivity contribution is 14.0. The third-order valence-electron chi connectivity index (χ3n) is 4.72. The molecule has 4 rings (SSSR count). The maximum Gasteiger partial charge on any atom is 0.231 e. The van der Waals surface area contributed by atoms with E-state index in [1.54, 1.807) is 6.26 Å². The van der Waals surface area contributed by atoms with Crippen molar-refractivity contribution in [1.82, 2.24) is 15.6 Å². The van der Waals surface area contributed by atoms with Crippen LogP contribution in [-0.4, -0.2) is 30.8 Å². The van der Waals surface area contributed by atoms with Gasteiger partial charge < -0.3 is 24.5 Å². The van der Waals surface area contributed by atoms with Gasteiger partial charge in [0.1, 0.15) is 6.26 Å². The molecule has 0 saturated carbocycles. The Kier molecular flexibility index (Phi) is 8.16. The molecule has 31 heavy (non-hydrogen) atoms. The Morgan fingerprint density at radius 3 is 2.68 bits per heavy atom. The molecular formula is C23H27IN4O3. The number of aryl methyl sites for hydroxylation is 1. The second-order valence-electron chi connectivity index (χ2n) is 7.07. The van der Waals surface area contributed by atoms with Crippen molar-refractivity contribution in [3.05, 3.63) is 65.5 Å². The third kappa shape index (κ3) is 6.13. The normalized spacial score (nSPS) is 12.4. The number of aliphatic imine (C=N–C) groups is 1. The molecule has 0 saturated heterocycles. The van der Waals surface area contributed by atoms with Crippen molar-refractivity contribution in [1.29, 1.82) is 0 Å². The third-order valence-corrected chi connectivity index (χ3v) is 4.72. The van der Waals surface area contributed by atoms with E-state index in [1.165, 1.54) is 5.56 Å². The number of halogens is 1. The number of nitrogens with one attached hydrogen (secondary N) is 2. The Hall–Kier alpha value is -2.75. The molecule has 1 aromatic heterocycles. The summed E-state index contributed by atoms with van der Waals surface area (Å²) in [5.41, 5.74) is 4.17. The van der Waals surface area contributed by atoms with Gasteiger partial charge in [-0.15, -0.1) is 24.0 Å². The molecule has 0 radical (unpaired) electrons. The molecule has 0 atom stereocenters. The zero-order valence-electron chi connectivity index (χ0n) is 17.7. The van der Waals surface area contributed by atoms with Gasteiger partial charge in [0.15, 0.2) is 17.5 Å². The number of hydrogen-bond donors (Lipinski definition) is 2. The molecule has 1 aliphatic rings. The van der Waals surface area contributed by atoms with Crippen molar-refractivity contribution in [2.75, 3.05) is 19.9 Å². The quantitative estimate of drug-likeness (QED) is 0.268. The van der Waals surface area contributed by atoms with Crippen LogP contribution in [0.15, 0.2) is 58.1 Å². The van der Waals surface area contributed by atoms with E-state index in [4.69, 9.17) is 13.9 Å². The van der Waals surface area contributed by atoms with E-state index in [9.17, 15) is 0 Å². The summed E-state index contributed by atoms with van der Waals surface area (Å²) in [6, 6.07) is 14.0. The Morgan fingerprint density at radius 2 is 1.87 bits per heavy atom. The molecule has 2 N–H and O–H groups in total. The van der Waals surface area contributed by atoms with Gasteiger partial charge in [-0.25, -0.2) is 9.98 Å². The predicted octanol–water partition coefficient (Wildman–Crippen LogP) is 4.29. The van der Waals surface area contributed by atoms with Crippen LogP contribution >= 0.6 is 24.0 Å². The summed E-state index contributed by atoms with van der Waals surface area (Å²) >= 11 is 0. The van der Waals surface area contributed by atoms with Crippen molar-refractivity contribution < 1.29 is 13.9 Å². The average Bonchev–Trinajstić information content (AvgIpc) is 3.41. The van der Waals surface area contributed by atoms with Gasteiger partial charge >= 0.3 is 0 Å². The molecule has 0 unspecified atom stereocenters. The molecule has 0 fully saturated rings. The van der Waals surface area contributed by atoms with E-state index >= 15 is 0 Å². The second kappa shape index (κ2) is 11.0. The maximum absolute atomic E-state index is 5.63. The van der Waals surface area contributed by atoms with Crippen molar-refractivity contribution in [3.63, 3.8) is 0 Å². The Bertz CT molecular complexity index is 1020. The van der Waals surface area contributed by atoms with Gasteiger partial charge in [0.2, 0.25) is 12.7 Å². The number of guanidine groups is 1. The predicted molar refractivity (Wildman–Crippen MR) is 131 cm³/mol. The first-order valence-electron chi connectivity index (χ1n) is 10.1. The largest absolute Gasteiger partial charge is 0.454 e. The fourth-order valence-corrected chi connectivity index (χ4v) is 3.11. The molecule has 0 spiro atoms. The summed E-state index contributed by atoms with van der Waals surface area (Å²) in [5, 5.41) is 6.62. The first kappa shape index (κ1) is 22.9. The lowest BCUT2D eigenvalue weighted by molar-refractivity contribution is 0.174. The van der Waals surface area contributed by atoms with Gasteiger partial charge in [0.25, 0.3) is 0 Å². The van der Waals surface area contributed by atoms with Gasteiger partial charge in [0.05, 0.1) is 12.2 Å². The summed E-state index contributed by atoms with van der Waals surface area (Å²) in [5.74, 6) is 2.97. The van der Waals surface area contributed by atoms with Crippen LogP contribution in [0.4, 0.5) is 0 Å². The molecule has 3 aromatic rings. The van der Waals surface area contributed by atoms with E-state index in [0.717, 1.165) is 47.2 Å². The van der Waals surface area contributed by atoms with Gasteiger partial charge in [0, 0.05) is 25.1 Å². The number of oxazole rings is 1. The summed E-state index contributed by atoms with van der Waals surface area (Å²) in [6.07, 6.45) is 2.46. The topological polar surface area (TPSA) is 80.9 Å². The van der Waals surface area contributed by atoms with Crippen LogP contribution in [0.5, 0.6) is 11.5 Å². The van der Waals surface area contributed by atoms with Gasteiger partial charge in [-0.2, -0.15) is 0 Å². The molecule has 0 amide bonds. The number of fused-ring (bicyclic) bond motifs is 1. The van der Waals surface area contributed by atoms with Crippen molar-refractivity contribution in [3.8, 4) is 23.0 Å². The minimum Gasteiger partial charge on any atom is -0.454 e. The molecular weight excluding hydrogens is 507 g/mol. The molecule has 7 nitrogen and oxygen atoms in total. The van der Waals surface area contributed by atoms with Crippen LogP contribution in [0.25, 0.3) is 11.5 Å². The standard InChI is InChI=1S/C23H26N4O3.HI/c1-3-24-23(26-13-17-6-9-20-21(12-17)30-15-29-20)25-11-10-19-14-28-22(27-19)18-7-4-16(2)5-8-18;/h4-9,12,14H,3,10-11,13,15H2,1-2H3,(H2,24,25,26);1H. The van der Waals surface area contributed by atoms with E-state index in [2.05, 4.69) is 39.7 Å². The number of nitrogens with zero attached hydrogens (tertiary/aromatic N) is 2. The zero-order chi connectivity index (χ0) is 20.8. The fourth-order valence-electron chi connectivity index (χ4n) is 3.11. The lowest BCUT2D eigenvalue weighted by atomic mass is 10.1. The highest BCUT2D eigenvalue weighted by atomic mass is 127. The monoisotopic (exact) mass is 534 g/mol. The average molecular weight is 534 g/mol. The fraction of sp³-hybridized carbons (Fsp3) is 0.304. The number of benzene rings is 2. The Morgan fingerprint density at radius 1 is 1.06 bits per heavy atom. The van der Waals surface area contributed by atoms with Crippen LogP contribution in [-0.2, 0) is 13.0 Å². The first-order chi connectivity index (χ1) is 14.7. The van der Waals surface area contributed by atoms with Gasteiger partial charge in [-0.1, -0.05) is 23.8 Å². The molecule has 2 heterocycles. The molecule has 164 valence electrons. The minimum atomic E-state index is 0. The van der Waals surface area contributed by atoms with Crippen LogP contribution in [0.2, 0.25) is 0 Å². The molecule has 8 heteroatoms. The molecule has 0 bridgehead atoms. The molecule has 2 aromatic carbocycles. The molecule has 1 aliphatic heterocycles. The van der Waals surface area contributed by atoms with E-state index in [-0.39, 0.29) is 30.8 Å². The summed E-state index contributed by atoms with van der Waals surface area (Å²) in [6.45, 7) is 6.42. The number of hydrogen-bond acceptors (Lipinski definition) is 5. The highest BCUT2D eigenvalue weighted by Crippen LogP contribution is 2.32. The first-order valence-corrected chi connectivity index (χ1v) is 10.1. The van der Waals surface area contributed by atoms with Crippen LogP contribution in [0, 0.1) is 6.92 Å². The lowest BCUT2D eigenvalue weighted by Gasteiger charge is -2.10. The van der Waals surface area contributed by atoms with E-state index < -0.39 is 0 Å². The number of rotatable bonds is 7. The molecule has 0 aliphatic carbocycles. The Balaban J connectivity index is 0.00000272. The van der Waals surface area contributed by atoms with E-state index in [1.807, 2.05) is 37.3 Å². The zero-order valence-corrected chi connectivity index (χ0v) is 20.0. The van der Waals surface area contributed by atoms with Crippen LogP contribution < -0.4 is 20.1 Å². The van der Waals surface area contributed by atoms with Crippen molar-refractivity contribution in [2.45, 2.75) is 26.8 Å². The van der Waals surface area contributed by atoms with Crippen LogP contribution in [0.1, 0.15) is 23.7 Å². The summed E-state index contributed by atoms with van der Waals surface area (Å²) in [4.78, 5) is 9.24. The summed E-state index contributed by atoms with van der Waals surface area (Å²) < 4.78 is 16.4. The Labute approximate surface area is 199 Å². The van der Waals surface area contributed by atoms with Gasteiger partial charge in [-0.3, -0.25) is 0 Å². The number of aromatic nitrogens is 1. The smallest absolute Gasteiger partial charge is 0.231 e. The number of ether oxygens (including phenoxy) is 2. The lowest BCUT2D eigenvalue weighted by Crippen LogP contribution is -2.38. The van der Waals surface area contributed by atoms with E-state index in [0.29, 0.717) is 19.0 Å².